The third kappa shape index (κ3) is 8.16. The number of fused-ring (bicyclic) bond motifs is 9. The quantitative estimate of drug-likeness (QED) is 0.129. The van der Waals surface area contributed by atoms with Gasteiger partial charge < -0.3 is 23.5 Å². The highest BCUT2D eigenvalue weighted by Gasteiger charge is 2.23. The fourth-order valence-electron chi connectivity index (χ4n) is 12.8. The molecule has 5 nitrogen and oxygen atoms in total. The smallest absolute Gasteiger partial charge is 0.0542 e. The Morgan fingerprint density at radius 2 is 0.398 bits per heavy atom. The van der Waals surface area contributed by atoms with Crippen LogP contribution in [0.4, 0.5) is 34.1 Å². The van der Waals surface area contributed by atoms with E-state index in [0.717, 1.165) is 84.0 Å². The highest BCUT2D eigenvalue weighted by Crippen LogP contribution is 2.46. The predicted molar refractivity (Wildman–Crippen MR) is 350 cm³/mol. The first-order valence-corrected chi connectivity index (χ1v) is 28.4. The van der Waals surface area contributed by atoms with Gasteiger partial charge in [-0.1, -0.05) is 164 Å². The van der Waals surface area contributed by atoms with E-state index >= 15 is 0 Å². The summed E-state index contributed by atoms with van der Waals surface area (Å²) in [7, 11) is 0. The second-order valence-electron chi connectivity index (χ2n) is 21.4. The zero-order valence-corrected chi connectivity index (χ0v) is 45.3. The highest BCUT2D eigenvalue weighted by molar-refractivity contribution is 6.15. The van der Waals surface area contributed by atoms with E-state index in [0.29, 0.717) is 0 Å². The van der Waals surface area contributed by atoms with Crippen molar-refractivity contribution in [2.45, 2.75) is 0 Å². The zero-order valence-electron chi connectivity index (χ0n) is 45.3. The molecule has 0 amide bonds. The van der Waals surface area contributed by atoms with Gasteiger partial charge >= 0.3 is 0 Å². The number of rotatable bonds is 11. The van der Waals surface area contributed by atoms with Crippen LogP contribution in [0.2, 0.25) is 0 Å². The van der Waals surface area contributed by atoms with E-state index < -0.39 is 0 Å². The molecule has 5 heteroatoms. The number of anilines is 6. The van der Waals surface area contributed by atoms with Crippen molar-refractivity contribution in [2.24, 2.45) is 0 Å². The zero-order chi connectivity index (χ0) is 54.8. The van der Waals surface area contributed by atoms with E-state index in [-0.39, 0.29) is 0 Å². The summed E-state index contributed by atoms with van der Waals surface area (Å²) >= 11 is 0. The van der Waals surface area contributed by atoms with Crippen LogP contribution >= 0.6 is 0 Å². The molecule has 0 atom stereocenters. The summed E-state index contributed by atoms with van der Waals surface area (Å²) in [4.78, 5) is 4.84. The van der Waals surface area contributed by atoms with Gasteiger partial charge in [0.05, 0.1) is 33.1 Å². The van der Waals surface area contributed by atoms with Gasteiger partial charge in [-0.05, 0) is 180 Å². The second-order valence-corrected chi connectivity index (χ2v) is 21.4. The summed E-state index contributed by atoms with van der Waals surface area (Å²) in [6.07, 6.45) is 0. The standard InChI is InChI=1S/C78H53N5/c1-8-22-54(23-9-1)56-36-42-73-67(48-56)69-50-63(38-44-75(69)81(73)60-30-16-5-17-31-60)79(58-26-12-3-13-27-58)65-40-46-77-71(52-65)72-53-66(41-47-78(72)83(77)62-34-20-7-21-35-62)80(59-28-14-4-15-29-59)64-39-45-76-70(51-64)68-49-57(55-24-10-2-11-25-55)37-43-74(68)82(76)61-32-18-6-19-33-61/h1-53H. The lowest BCUT2D eigenvalue weighted by Gasteiger charge is -2.26. The van der Waals surface area contributed by atoms with Gasteiger partial charge in [-0.2, -0.15) is 0 Å². The first-order chi connectivity index (χ1) is 41.2. The van der Waals surface area contributed by atoms with Gasteiger partial charge in [-0.3, -0.25) is 0 Å². The van der Waals surface area contributed by atoms with Crippen LogP contribution in [0.15, 0.2) is 322 Å². The van der Waals surface area contributed by atoms with Crippen LogP contribution in [0.1, 0.15) is 0 Å². The lowest BCUT2D eigenvalue weighted by atomic mass is 10.0. The van der Waals surface area contributed by atoms with Crippen LogP contribution in [-0.2, 0) is 0 Å². The fraction of sp³-hybridized carbons (Fsp3) is 0. The van der Waals surface area contributed by atoms with Crippen molar-refractivity contribution in [1.29, 1.82) is 0 Å². The number of nitrogens with zero attached hydrogens (tertiary/aromatic N) is 5. The van der Waals surface area contributed by atoms with Crippen LogP contribution in [0.3, 0.4) is 0 Å². The number of benzene rings is 13. The van der Waals surface area contributed by atoms with Crippen molar-refractivity contribution < 1.29 is 0 Å². The third-order valence-electron chi connectivity index (χ3n) is 16.5. The topological polar surface area (TPSA) is 21.3 Å². The Hall–Kier alpha value is -11.1. The van der Waals surface area contributed by atoms with Gasteiger partial charge in [0.2, 0.25) is 0 Å². The van der Waals surface area contributed by atoms with Gasteiger partial charge in [0.25, 0.3) is 0 Å². The van der Waals surface area contributed by atoms with E-state index in [1.165, 1.54) is 54.8 Å². The maximum absolute atomic E-state index is 2.42. The lowest BCUT2D eigenvalue weighted by molar-refractivity contribution is 1.18. The van der Waals surface area contributed by atoms with Crippen LogP contribution in [0.25, 0.3) is 105 Å². The molecule has 3 heterocycles. The summed E-state index contributed by atoms with van der Waals surface area (Å²) in [6.45, 7) is 0. The third-order valence-corrected chi connectivity index (χ3v) is 16.5. The molecule has 0 unspecified atom stereocenters. The normalized spacial score (nSPS) is 11.6. The van der Waals surface area contributed by atoms with Crippen molar-refractivity contribution in [2.75, 3.05) is 9.80 Å². The maximum Gasteiger partial charge on any atom is 0.0542 e. The predicted octanol–water partition coefficient (Wildman–Crippen LogP) is 21.3. The summed E-state index contributed by atoms with van der Waals surface area (Å²) in [5.41, 5.74) is 21.5. The molecule has 0 aliphatic carbocycles. The summed E-state index contributed by atoms with van der Waals surface area (Å²) in [5, 5.41) is 7.09. The number of hydrogen-bond acceptors (Lipinski definition) is 2. The molecule has 0 N–H and O–H groups in total. The average Bonchev–Trinajstić information content (AvgIpc) is 3.96. The Morgan fingerprint density at radius 1 is 0.169 bits per heavy atom. The van der Waals surface area contributed by atoms with Crippen molar-refractivity contribution in [3.8, 4) is 39.3 Å². The van der Waals surface area contributed by atoms with E-state index in [9.17, 15) is 0 Å². The lowest BCUT2D eigenvalue weighted by Crippen LogP contribution is -2.10. The first-order valence-electron chi connectivity index (χ1n) is 28.4. The van der Waals surface area contributed by atoms with Crippen LogP contribution in [-0.4, -0.2) is 13.7 Å². The maximum atomic E-state index is 2.42. The van der Waals surface area contributed by atoms with Gasteiger partial charge in [0.15, 0.2) is 0 Å². The van der Waals surface area contributed by atoms with Gasteiger partial charge in [-0.25, -0.2) is 0 Å². The molecule has 0 bridgehead atoms. The molecule has 0 saturated carbocycles. The van der Waals surface area contributed by atoms with E-state index in [4.69, 9.17) is 0 Å². The minimum absolute atomic E-state index is 1.06. The largest absolute Gasteiger partial charge is 0.310 e. The SMILES string of the molecule is c1ccc(-c2ccc3c(c2)c2cc(N(c4ccccc4)c4ccc5c(c4)c4cc(N(c6ccccc6)c6ccc7c(c6)c6cc(-c8ccccc8)ccc6n7-c6ccccc6)ccc4n5-c4ccccc4)ccc2n3-c2ccccc2)cc1. The van der Waals surface area contributed by atoms with Crippen molar-refractivity contribution in [1.82, 2.24) is 13.7 Å². The first kappa shape index (κ1) is 47.8. The van der Waals surface area contributed by atoms with E-state index in [2.05, 4.69) is 345 Å². The summed E-state index contributed by atoms with van der Waals surface area (Å²) in [5.74, 6) is 0. The van der Waals surface area contributed by atoms with Crippen LogP contribution in [0, 0.1) is 0 Å². The number of hydrogen-bond donors (Lipinski definition) is 0. The average molecular weight is 1060 g/mol. The minimum atomic E-state index is 1.06. The van der Waals surface area contributed by atoms with Crippen molar-refractivity contribution in [3.63, 3.8) is 0 Å². The molecular formula is C78H53N5. The van der Waals surface area contributed by atoms with E-state index in [1.807, 2.05) is 0 Å². The van der Waals surface area contributed by atoms with Gasteiger partial charge in [0, 0.05) is 83.5 Å². The molecular weight excluding hydrogens is 1010 g/mol. The van der Waals surface area contributed by atoms with Crippen molar-refractivity contribution >= 4 is 99.5 Å². The van der Waals surface area contributed by atoms with E-state index in [1.54, 1.807) is 0 Å². The molecule has 0 spiro atoms. The Balaban J connectivity index is 0.900. The summed E-state index contributed by atoms with van der Waals surface area (Å²) in [6, 6.07) is 117. The molecule has 390 valence electrons. The fourth-order valence-corrected chi connectivity index (χ4v) is 12.8. The molecule has 0 aliphatic heterocycles. The number of aromatic nitrogens is 3. The van der Waals surface area contributed by atoms with Crippen molar-refractivity contribution in [3.05, 3.63) is 322 Å². The minimum Gasteiger partial charge on any atom is -0.310 e. The second kappa shape index (κ2) is 19.9. The molecule has 0 aliphatic rings. The Kier molecular flexibility index (Phi) is 11.5. The molecule has 13 aromatic carbocycles. The number of para-hydroxylation sites is 5. The Morgan fingerprint density at radius 3 is 0.675 bits per heavy atom. The highest BCUT2D eigenvalue weighted by atomic mass is 15.2. The molecule has 0 radical (unpaired) electrons. The molecule has 16 rings (SSSR count). The molecule has 0 saturated heterocycles. The Bertz CT molecular complexity index is 4750. The van der Waals surface area contributed by atoms with Gasteiger partial charge in [0.1, 0.15) is 0 Å². The van der Waals surface area contributed by atoms with Crippen LogP contribution in [0.5, 0.6) is 0 Å². The Labute approximate surface area is 481 Å². The molecule has 3 aromatic heterocycles. The molecule has 16 aromatic rings. The van der Waals surface area contributed by atoms with Crippen LogP contribution < -0.4 is 9.80 Å². The summed E-state index contributed by atoms with van der Waals surface area (Å²) < 4.78 is 7.22. The monoisotopic (exact) mass is 1060 g/mol. The molecule has 0 fully saturated rings. The molecule has 83 heavy (non-hydrogen) atoms. The van der Waals surface area contributed by atoms with Gasteiger partial charge in [-0.15, -0.1) is 0 Å².